The van der Waals surface area contributed by atoms with Crippen LogP contribution in [-0.2, 0) is 11.3 Å². The minimum absolute atomic E-state index is 0.0286. The van der Waals surface area contributed by atoms with Crippen LogP contribution >= 0.6 is 0 Å². The van der Waals surface area contributed by atoms with E-state index in [1.165, 1.54) is 12.1 Å². The van der Waals surface area contributed by atoms with Crippen molar-refractivity contribution in [2.75, 3.05) is 13.1 Å². The molecule has 1 aliphatic heterocycles. The molecule has 0 aliphatic carbocycles. The van der Waals surface area contributed by atoms with Crippen LogP contribution in [0.4, 0.5) is 4.39 Å². The summed E-state index contributed by atoms with van der Waals surface area (Å²) in [7, 11) is 0. The van der Waals surface area contributed by atoms with E-state index in [1.807, 2.05) is 36.4 Å². The van der Waals surface area contributed by atoms with Crippen LogP contribution in [0.15, 0.2) is 54.6 Å². The Morgan fingerprint density at radius 2 is 1.90 bits per heavy atom. The number of benzene rings is 2. The molecule has 3 nitrogen and oxygen atoms in total. The van der Waals surface area contributed by atoms with Gasteiger partial charge in [0.15, 0.2) is 0 Å². The predicted molar refractivity (Wildman–Crippen MR) is 77.3 cm³/mol. The van der Waals surface area contributed by atoms with Crippen LogP contribution in [0.5, 0.6) is 0 Å². The molecule has 1 saturated heterocycles. The van der Waals surface area contributed by atoms with E-state index in [4.69, 9.17) is 4.74 Å². The summed E-state index contributed by atoms with van der Waals surface area (Å²) in [6.45, 7) is 1.54. The Bertz CT molecular complexity index is 624. The van der Waals surface area contributed by atoms with Gasteiger partial charge in [0.1, 0.15) is 5.82 Å². The van der Waals surface area contributed by atoms with Crippen molar-refractivity contribution in [2.24, 2.45) is 0 Å². The van der Waals surface area contributed by atoms with Gasteiger partial charge in [-0.1, -0.05) is 30.3 Å². The highest BCUT2D eigenvalue weighted by Crippen LogP contribution is 2.17. The van der Waals surface area contributed by atoms with Crippen molar-refractivity contribution < 1.29 is 13.9 Å². The molecule has 0 unspecified atom stereocenters. The highest BCUT2D eigenvalue weighted by atomic mass is 19.1. The van der Waals surface area contributed by atoms with Gasteiger partial charge in [0.2, 0.25) is 0 Å². The van der Waals surface area contributed by atoms with Crippen LogP contribution in [0, 0.1) is 5.82 Å². The lowest BCUT2D eigenvalue weighted by Crippen LogP contribution is -2.54. The molecule has 1 amide bonds. The standard InChI is InChI=1S/C17H16FNO2/c18-15-8-4-5-13(9-15)12-21-16-10-19(11-16)17(20)14-6-2-1-3-7-14/h1-9,16H,10-12H2. The fraction of sp³-hybridized carbons (Fsp3) is 0.235. The molecule has 1 heterocycles. The molecule has 3 rings (SSSR count). The number of hydrogen-bond donors (Lipinski definition) is 0. The maximum Gasteiger partial charge on any atom is 0.254 e. The molecule has 1 fully saturated rings. The van der Waals surface area contributed by atoms with Crippen molar-refractivity contribution in [3.8, 4) is 0 Å². The van der Waals surface area contributed by atoms with E-state index in [0.717, 1.165) is 5.56 Å². The maximum absolute atomic E-state index is 13.0. The molecular formula is C17H16FNO2. The highest BCUT2D eigenvalue weighted by Gasteiger charge is 2.31. The van der Waals surface area contributed by atoms with Gasteiger partial charge in [0.05, 0.1) is 12.7 Å². The van der Waals surface area contributed by atoms with Crippen molar-refractivity contribution in [2.45, 2.75) is 12.7 Å². The monoisotopic (exact) mass is 285 g/mol. The first-order valence-electron chi connectivity index (χ1n) is 6.93. The van der Waals surface area contributed by atoms with Gasteiger partial charge in [0.25, 0.3) is 5.91 Å². The second kappa shape index (κ2) is 6.06. The quantitative estimate of drug-likeness (QED) is 0.864. The van der Waals surface area contributed by atoms with Crippen molar-refractivity contribution in [1.29, 1.82) is 0 Å². The average Bonchev–Trinajstić information content (AvgIpc) is 2.46. The second-order valence-corrected chi connectivity index (χ2v) is 5.14. The van der Waals surface area contributed by atoms with Gasteiger partial charge in [-0.25, -0.2) is 4.39 Å². The van der Waals surface area contributed by atoms with E-state index in [2.05, 4.69) is 0 Å². The zero-order chi connectivity index (χ0) is 14.7. The van der Waals surface area contributed by atoms with Crippen LogP contribution in [-0.4, -0.2) is 30.0 Å². The molecule has 0 atom stereocenters. The molecule has 0 bridgehead atoms. The van der Waals surface area contributed by atoms with Gasteiger partial charge in [-0.2, -0.15) is 0 Å². The predicted octanol–water partition coefficient (Wildman–Crippen LogP) is 2.87. The number of nitrogens with zero attached hydrogens (tertiary/aromatic N) is 1. The van der Waals surface area contributed by atoms with Crippen molar-refractivity contribution in [3.05, 3.63) is 71.5 Å². The lowest BCUT2D eigenvalue weighted by molar-refractivity contribution is -0.0503. The Morgan fingerprint density at radius 1 is 1.14 bits per heavy atom. The molecule has 2 aromatic rings. The number of likely N-dealkylation sites (tertiary alicyclic amines) is 1. The number of halogens is 1. The molecule has 1 aliphatic rings. The van der Waals surface area contributed by atoms with Gasteiger partial charge in [-0.3, -0.25) is 4.79 Å². The topological polar surface area (TPSA) is 29.5 Å². The summed E-state index contributed by atoms with van der Waals surface area (Å²) >= 11 is 0. The number of ether oxygens (including phenoxy) is 1. The van der Waals surface area contributed by atoms with Crippen molar-refractivity contribution >= 4 is 5.91 Å². The maximum atomic E-state index is 13.0. The molecule has 0 spiro atoms. The van der Waals surface area contributed by atoms with Crippen LogP contribution in [0.25, 0.3) is 0 Å². The summed E-state index contributed by atoms with van der Waals surface area (Å²) in [5.41, 5.74) is 1.50. The third-order valence-corrected chi connectivity index (χ3v) is 3.53. The summed E-state index contributed by atoms with van der Waals surface area (Å²) in [5, 5.41) is 0. The Balaban J connectivity index is 1.47. The van der Waals surface area contributed by atoms with Gasteiger partial charge >= 0.3 is 0 Å². The van der Waals surface area contributed by atoms with Crippen LogP contribution in [0.2, 0.25) is 0 Å². The van der Waals surface area contributed by atoms with Gasteiger partial charge in [-0.15, -0.1) is 0 Å². The van der Waals surface area contributed by atoms with E-state index in [0.29, 0.717) is 25.3 Å². The zero-order valence-corrected chi connectivity index (χ0v) is 11.5. The van der Waals surface area contributed by atoms with Crippen molar-refractivity contribution in [1.82, 2.24) is 4.90 Å². The molecule has 21 heavy (non-hydrogen) atoms. The van der Waals surface area contributed by atoms with Gasteiger partial charge in [-0.05, 0) is 29.8 Å². The molecule has 0 radical (unpaired) electrons. The number of carbonyl (C=O) groups is 1. The van der Waals surface area contributed by atoms with Crippen LogP contribution in [0.3, 0.4) is 0 Å². The summed E-state index contributed by atoms with van der Waals surface area (Å²) in [4.78, 5) is 13.9. The lowest BCUT2D eigenvalue weighted by atomic mass is 10.1. The molecular weight excluding hydrogens is 269 g/mol. The number of hydrogen-bond acceptors (Lipinski definition) is 2. The largest absolute Gasteiger partial charge is 0.370 e. The number of amides is 1. The van der Waals surface area contributed by atoms with E-state index in [1.54, 1.807) is 11.0 Å². The van der Waals surface area contributed by atoms with Gasteiger partial charge in [0, 0.05) is 18.7 Å². The molecule has 2 aromatic carbocycles. The third kappa shape index (κ3) is 3.28. The van der Waals surface area contributed by atoms with E-state index in [9.17, 15) is 9.18 Å². The number of carbonyl (C=O) groups excluding carboxylic acids is 1. The molecule has 108 valence electrons. The summed E-state index contributed by atoms with van der Waals surface area (Å²) in [6.07, 6.45) is 0.0286. The minimum Gasteiger partial charge on any atom is -0.370 e. The Morgan fingerprint density at radius 3 is 2.62 bits per heavy atom. The normalized spacial score (nSPS) is 14.8. The summed E-state index contributed by atoms with van der Waals surface area (Å²) in [5.74, 6) is -0.230. The first-order chi connectivity index (χ1) is 10.2. The highest BCUT2D eigenvalue weighted by molar-refractivity contribution is 5.94. The first kappa shape index (κ1) is 13.8. The Labute approximate surface area is 123 Å². The fourth-order valence-corrected chi connectivity index (χ4v) is 2.31. The smallest absolute Gasteiger partial charge is 0.254 e. The fourth-order valence-electron chi connectivity index (χ4n) is 2.31. The summed E-state index contributed by atoms with van der Waals surface area (Å²) in [6, 6.07) is 15.6. The zero-order valence-electron chi connectivity index (χ0n) is 11.5. The van der Waals surface area contributed by atoms with Crippen molar-refractivity contribution in [3.63, 3.8) is 0 Å². The molecule has 0 saturated carbocycles. The minimum atomic E-state index is -0.259. The SMILES string of the molecule is O=C(c1ccccc1)N1CC(OCc2cccc(F)c2)C1. The van der Waals surface area contributed by atoms with Gasteiger partial charge < -0.3 is 9.64 Å². The lowest BCUT2D eigenvalue weighted by Gasteiger charge is -2.39. The molecule has 4 heteroatoms. The van der Waals surface area contributed by atoms with Crippen LogP contribution in [0.1, 0.15) is 15.9 Å². The Kier molecular flexibility index (Phi) is 3.97. The third-order valence-electron chi connectivity index (χ3n) is 3.53. The first-order valence-corrected chi connectivity index (χ1v) is 6.93. The molecule has 0 N–H and O–H groups in total. The van der Waals surface area contributed by atoms with E-state index in [-0.39, 0.29) is 17.8 Å². The van der Waals surface area contributed by atoms with E-state index < -0.39 is 0 Å². The van der Waals surface area contributed by atoms with E-state index >= 15 is 0 Å². The van der Waals surface area contributed by atoms with Crippen LogP contribution < -0.4 is 0 Å². The number of rotatable bonds is 4. The average molecular weight is 285 g/mol. The molecule has 0 aromatic heterocycles. The second-order valence-electron chi connectivity index (χ2n) is 5.14. The summed E-state index contributed by atoms with van der Waals surface area (Å²) < 4.78 is 18.7. The Hall–Kier alpha value is -2.20.